The van der Waals surface area contributed by atoms with Gasteiger partial charge in [0.1, 0.15) is 28.9 Å². The summed E-state index contributed by atoms with van der Waals surface area (Å²) >= 11 is 0. The Hall–Kier alpha value is -3.59. The number of aromatic hydroxyl groups is 1. The molecule has 4 atom stereocenters. The van der Waals surface area contributed by atoms with Crippen LogP contribution in [0.4, 0.5) is 10.5 Å². The molecule has 1 aromatic heterocycles. The average Bonchev–Trinajstić information content (AvgIpc) is 2.94. The van der Waals surface area contributed by atoms with Crippen LogP contribution in [0.3, 0.4) is 0 Å². The van der Waals surface area contributed by atoms with E-state index in [0.29, 0.717) is 12.0 Å². The Balaban J connectivity index is 0.00000552. The van der Waals surface area contributed by atoms with Gasteiger partial charge in [-0.15, -0.1) is 0 Å². The van der Waals surface area contributed by atoms with Crippen LogP contribution in [-0.4, -0.2) is 58.0 Å². The Morgan fingerprint density at radius 1 is 1.20 bits per heavy atom. The fourth-order valence-electron chi connectivity index (χ4n) is 5.05. The summed E-state index contributed by atoms with van der Waals surface area (Å²) in [5.74, 6) is -2.30. The maximum atomic E-state index is 13.3. The molecular weight excluding hydrogens is 599 g/mol. The molecule has 236 valence electrons. The van der Waals surface area contributed by atoms with Crippen molar-refractivity contribution in [3.63, 3.8) is 0 Å². The van der Waals surface area contributed by atoms with Gasteiger partial charge in [0.2, 0.25) is 6.29 Å². The smallest absolute Gasteiger partial charge is 0.870 e. The minimum Gasteiger partial charge on any atom is -0.870 e. The van der Waals surface area contributed by atoms with Crippen LogP contribution in [0.5, 0.6) is 17.2 Å². The number of primary amides is 1. The Bertz CT molecular complexity index is 1680. The zero-order chi connectivity index (χ0) is 32.5. The zero-order valence-corrected chi connectivity index (χ0v) is 27.9. The summed E-state index contributed by atoms with van der Waals surface area (Å²) in [7, 11) is 0. The number of nitrogens with two attached hydrogens (primary N) is 1. The molecule has 1 aliphatic heterocycles. The molecule has 45 heavy (non-hydrogen) atoms. The van der Waals surface area contributed by atoms with Gasteiger partial charge in [0, 0.05) is 16.5 Å². The number of phenols is 1. The SMILES string of the molecule is CC(C)=CCc1cc(C(=O)Nc2c([O-])c3ccc(O[C@@H]4OC(C)(C)[C@H](CO)[C@@H](OC(N)=O)[C@H]4O)c(C)c3oc2=O)ccc1O.[Na+]. The Morgan fingerprint density at radius 3 is 2.51 bits per heavy atom. The topological polar surface area (TPSA) is 214 Å². The number of hydrogen-bond acceptors (Lipinski definition) is 11. The third kappa shape index (κ3) is 7.63. The van der Waals surface area contributed by atoms with E-state index in [4.69, 9.17) is 24.4 Å². The van der Waals surface area contributed by atoms with Crippen molar-refractivity contribution in [1.82, 2.24) is 0 Å². The van der Waals surface area contributed by atoms with E-state index in [1.165, 1.54) is 37.3 Å². The first kappa shape index (κ1) is 35.9. The predicted molar refractivity (Wildman–Crippen MR) is 156 cm³/mol. The van der Waals surface area contributed by atoms with Crippen LogP contribution in [0.1, 0.15) is 49.2 Å². The van der Waals surface area contributed by atoms with Crippen molar-refractivity contribution in [3.05, 3.63) is 69.1 Å². The Labute approximate surface area is 280 Å². The van der Waals surface area contributed by atoms with Crippen molar-refractivity contribution >= 4 is 28.7 Å². The molecule has 4 rings (SSSR count). The molecule has 0 unspecified atom stereocenters. The van der Waals surface area contributed by atoms with Crippen LogP contribution >= 0.6 is 0 Å². The van der Waals surface area contributed by atoms with Crippen molar-refractivity contribution in [2.24, 2.45) is 11.7 Å². The van der Waals surface area contributed by atoms with Gasteiger partial charge < -0.3 is 50.1 Å². The summed E-state index contributed by atoms with van der Waals surface area (Å²) in [6.07, 6.45) is -3.13. The van der Waals surface area contributed by atoms with Crippen LogP contribution in [-0.2, 0) is 15.9 Å². The van der Waals surface area contributed by atoms with Crippen LogP contribution in [0.2, 0.25) is 0 Å². The maximum absolute atomic E-state index is 13.3. The van der Waals surface area contributed by atoms with E-state index >= 15 is 0 Å². The number of aliphatic hydroxyl groups excluding tert-OH is 2. The van der Waals surface area contributed by atoms with Crippen LogP contribution in [0.15, 0.2) is 51.2 Å². The van der Waals surface area contributed by atoms with Crippen LogP contribution in [0.25, 0.3) is 11.0 Å². The minimum atomic E-state index is -1.56. The molecule has 6 N–H and O–H groups in total. The van der Waals surface area contributed by atoms with Gasteiger partial charge in [-0.25, -0.2) is 9.59 Å². The summed E-state index contributed by atoms with van der Waals surface area (Å²) in [6, 6.07) is 6.91. The van der Waals surface area contributed by atoms with E-state index in [1.54, 1.807) is 13.8 Å². The third-order valence-corrected chi connectivity index (χ3v) is 7.55. The van der Waals surface area contributed by atoms with Crippen molar-refractivity contribution < 1.29 is 78.2 Å². The second kappa shape index (κ2) is 14.2. The van der Waals surface area contributed by atoms with Crippen LogP contribution in [0, 0.1) is 12.8 Å². The molecule has 0 spiro atoms. The predicted octanol–water partition coefficient (Wildman–Crippen LogP) is -0.407. The number of aliphatic hydroxyl groups is 2. The number of ether oxygens (including phenoxy) is 3. The van der Waals surface area contributed by atoms with Gasteiger partial charge >= 0.3 is 41.3 Å². The van der Waals surface area contributed by atoms with Crippen molar-refractivity contribution in [2.45, 2.75) is 65.1 Å². The summed E-state index contributed by atoms with van der Waals surface area (Å²) in [5, 5.41) is 46.5. The normalized spacial score (nSPS) is 20.5. The van der Waals surface area contributed by atoms with Crippen molar-refractivity contribution in [1.29, 1.82) is 0 Å². The van der Waals surface area contributed by atoms with Crippen molar-refractivity contribution in [2.75, 3.05) is 11.9 Å². The average molecular weight is 635 g/mol. The van der Waals surface area contributed by atoms with Gasteiger partial charge in [0.25, 0.3) is 5.91 Å². The number of allylic oxidation sites excluding steroid dienone is 2. The number of fused-ring (bicyclic) bond motifs is 1. The number of anilines is 1. The van der Waals surface area contributed by atoms with Crippen molar-refractivity contribution in [3.8, 4) is 17.2 Å². The van der Waals surface area contributed by atoms with Crippen LogP contribution < -0.4 is 56.1 Å². The molecule has 13 nitrogen and oxygen atoms in total. The number of nitrogens with one attached hydrogen (secondary N) is 1. The molecular formula is C31H35N2NaO11. The first-order valence-electron chi connectivity index (χ1n) is 13.8. The minimum absolute atomic E-state index is 0. The molecule has 0 saturated carbocycles. The van der Waals surface area contributed by atoms with Gasteiger partial charge in [0.05, 0.1) is 18.1 Å². The maximum Gasteiger partial charge on any atom is 1.00 e. The van der Waals surface area contributed by atoms with E-state index in [0.717, 1.165) is 5.57 Å². The van der Waals surface area contributed by atoms with Gasteiger partial charge in [-0.2, -0.15) is 0 Å². The van der Waals surface area contributed by atoms with Gasteiger partial charge in [0.15, 0.2) is 6.10 Å². The summed E-state index contributed by atoms with van der Waals surface area (Å²) < 4.78 is 22.3. The Morgan fingerprint density at radius 2 is 1.89 bits per heavy atom. The summed E-state index contributed by atoms with van der Waals surface area (Å²) in [4.78, 5) is 37.4. The molecule has 2 aromatic carbocycles. The fourth-order valence-corrected chi connectivity index (χ4v) is 5.05. The fraction of sp³-hybridized carbons (Fsp3) is 0.387. The number of hydrogen-bond donors (Lipinski definition) is 5. The number of phenolic OH excluding ortho intramolecular Hbond substituents is 1. The van der Waals surface area contributed by atoms with E-state index in [2.05, 4.69) is 5.32 Å². The molecule has 1 aliphatic rings. The van der Waals surface area contributed by atoms with E-state index < -0.39 is 65.7 Å². The second-order valence-electron chi connectivity index (χ2n) is 11.3. The first-order chi connectivity index (χ1) is 20.6. The monoisotopic (exact) mass is 634 g/mol. The second-order valence-corrected chi connectivity index (χ2v) is 11.3. The molecule has 0 aliphatic carbocycles. The Kier molecular flexibility index (Phi) is 11.3. The van der Waals surface area contributed by atoms with E-state index in [-0.39, 0.29) is 63.2 Å². The molecule has 0 bridgehead atoms. The summed E-state index contributed by atoms with van der Waals surface area (Å²) in [5.41, 5.74) is 4.07. The third-order valence-electron chi connectivity index (χ3n) is 7.55. The molecule has 1 fully saturated rings. The number of aryl methyl sites for hydroxylation is 1. The number of rotatable bonds is 8. The standard InChI is InChI=1S/C31H36N2O11.Na/c1-14(2)6-7-16-12-17(8-10-20(16)35)27(38)33-22-23(36)18-9-11-21(15(3)25(18)42-28(22)39)41-29-24(37)26(43-30(32)40)19(13-34)31(4,5)44-29;/h6,8-12,19,24,26,29,34-37H,7,13H2,1-5H3,(H2,32,40)(H,33,38);/q;+1/p-1/t19-,24-,26-,29-;/m1./s1. The molecule has 3 aromatic rings. The van der Waals surface area contributed by atoms with Gasteiger partial charge in [-0.3, -0.25) is 4.79 Å². The number of benzene rings is 2. The number of carbonyl (C=O) groups excluding carboxylic acids is 2. The van der Waals surface area contributed by atoms with Gasteiger partial charge in [-0.05, 0) is 76.9 Å². The molecule has 1 saturated heterocycles. The first-order valence-corrected chi connectivity index (χ1v) is 13.8. The largest absolute Gasteiger partial charge is 1.00 e. The number of carbonyl (C=O) groups is 2. The van der Waals surface area contributed by atoms with E-state index in [9.17, 15) is 34.8 Å². The van der Waals surface area contributed by atoms with E-state index in [1.807, 2.05) is 19.9 Å². The molecule has 0 radical (unpaired) electrons. The van der Waals surface area contributed by atoms with Gasteiger partial charge in [-0.1, -0.05) is 17.4 Å². The molecule has 14 heteroatoms. The summed E-state index contributed by atoms with van der Waals surface area (Å²) in [6.45, 7) is 8.05. The molecule has 2 amide bonds. The number of amides is 2. The zero-order valence-electron chi connectivity index (χ0n) is 25.9. The molecule has 2 heterocycles. The quantitative estimate of drug-likeness (QED) is 0.122.